The van der Waals surface area contributed by atoms with E-state index < -0.39 is 5.41 Å². The van der Waals surface area contributed by atoms with Gasteiger partial charge in [-0.2, -0.15) is 0 Å². The first kappa shape index (κ1) is 9.78. The fraction of sp³-hybridized carbons (Fsp3) is 0.333. The van der Waals surface area contributed by atoms with E-state index in [2.05, 4.69) is 16.4 Å². The van der Waals surface area contributed by atoms with E-state index in [4.69, 9.17) is 0 Å². The zero-order valence-corrected chi connectivity index (χ0v) is 10.2. The summed E-state index contributed by atoms with van der Waals surface area (Å²) in [6.45, 7) is 5.90. The Morgan fingerprint density at radius 3 is 2.88 bits per heavy atom. The molecule has 0 fully saturated rings. The molecule has 3 nitrogen and oxygen atoms in total. The van der Waals surface area contributed by atoms with Gasteiger partial charge in [0.25, 0.3) is 0 Å². The lowest BCUT2D eigenvalue weighted by molar-refractivity contribution is -0.119. The normalized spacial score (nSPS) is 17.6. The van der Waals surface area contributed by atoms with Crippen LogP contribution in [0.4, 0.5) is 5.69 Å². The van der Waals surface area contributed by atoms with Crippen LogP contribution in [0.1, 0.15) is 24.4 Å². The molecule has 3 rings (SSSR count). The molecule has 1 aromatic heterocycles. The van der Waals surface area contributed by atoms with Gasteiger partial charge in [-0.25, -0.2) is 4.98 Å². The summed E-state index contributed by atoms with van der Waals surface area (Å²) in [4.78, 5) is 16.2. The number of aromatic nitrogens is 1. The molecule has 0 aliphatic carbocycles. The van der Waals surface area contributed by atoms with Gasteiger partial charge < -0.3 is 5.32 Å². The van der Waals surface area contributed by atoms with E-state index >= 15 is 0 Å². The van der Waals surface area contributed by atoms with E-state index in [0.717, 1.165) is 26.5 Å². The number of benzene rings is 1. The van der Waals surface area contributed by atoms with Crippen LogP contribution in [0.2, 0.25) is 0 Å². The van der Waals surface area contributed by atoms with E-state index in [1.807, 2.05) is 26.8 Å². The Hall–Kier alpha value is -1.42. The highest BCUT2D eigenvalue weighted by atomic mass is 32.1. The monoisotopic (exact) mass is 232 g/mol. The van der Waals surface area contributed by atoms with Crippen molar-refractivity contribution >= 4 is 33.1 Å². The molecule has 0 spiro atoms. The third kappa shape index (κ3) is 1.13. The van der Waals surface area contributed by atoms with Gasteiger partial charge in [-0.15, -0.1) is 11.3 Å². The summed E-state index contributed by atoms with van der Waals surface area (Å²) in [6, 6.07) is 4.06. The molecule has 1 amide bonds. The van der Waals surface area contributed by atoms with E-state index in [9.17, 15) is 4.79 Å². The lowest BCUT2D eigenvalue weighted by atomic mass is 9.86. The first-order chi connectivity index (χ1) is 7.48. The highest BCUT2D eigenvalue weighted by molar-refractivity contribution is 7.18. The molecular formula is C12H12N2OS. The number of thiazole rings is 1. The standard InChI is InChI=1S/C12H12N2OS/c1-6-13-9-5-8-7(4-10(9)16-6)12(2,3)11(15)14-8/h4-5H,1-3H3,(H,14,15). The minimum absolute atomic E-state index is 0.0666. The number of aryl methyl sites for hydroxylation is 1. The molecule has 16 heavy (non-hydrogen) atoms. The number of anilines is 1. The maximum absolute atomic E-state index is 11.8. The van der Waals surface area contributed by atoms with Gasteiger partial charge in [-0.05, 0) is 38.5 Å². The van der Waals surface area contributed by atoms with Crippen molar-refractivity contribution in [2.45, 2.75) is 26.2 Å². The van der Waals surface area contributed by atoms with Gasteiger partial charge >= 0.3 is 0 Å². The second kappa shape index (κ2) is 2.83. The quantitative estimate of drug-likeness (QED) is 0.759. The van der Waals surface area contributed by atoms with Gasteiger partial charge in [-0.3, -0.25) is 4.79 Å². The van der Waals surface area contributed by atoms with Crippen LogP contribution < -0.4 is 5.32 Å². The maximum Gasteiger partial charge on any atom is 0.234 e. The molecule has 0 saturated heterocycles. The number of amides is 1. The SMILES string of the molecule is Cc1nc2cc3c(cc2s1)C(C)(C)C(=O)N3. The first-order valence-electron chi connectivity index (χ1n) is 5.21. The van der Waals surface area contributed by atoms with Gasteiger partial charge in [0.15, 0.2) is 0 Å². The topological polar surface area (TPSA) is 42.0 Å². The van der Waals surface area contributed by atoms with Crippen molar-refractivity contribution in [3.63, 3.8) is 0 Å². The van der Waals surface area contributed by atoms with Crippen LogP contribution in [0.15, 0.2) is 12.1 Å². The fourth-order valence-electron chi connectivity index (χ4n) is 2.11. The Balaban J connectivity index is 2.33. The molecule has 0 atom stereocenters. The third-order valence-corrected chi connectivity index (χ3v) is 4.06. The average molecular weight is 232 g/mol. The van der Waals surface area contributed by atoms with Crippen molar-refractivity contribution in [3.8, 4) is 0 Å². The Morgan fingerprint density at radius 1 is 1.38 bits per heavy atom. The lowest BCUT2D eigenvalue weighted by Gasteiger charge is -2.14. The highest BCUT2D eigenvalue weighted by Crippen LogP contribution is 2.40. The predicted molar refractivity (Wildman–Crippen MR) is 66.0 cm³/mol. The molecule has 1 aliphatic rings. The molecule has 0 unspecified atom stereocenters. The Bertz CT molecular complexity index is 613. The Kier molecular flexibility index (Phi) is 1.73. The van der Waals surface area contributed by atoms with Crippen LogP contribution in [0.25, 0.3) is 10.2 Å². The number of nitrogens with zero attached hydrogens (tertiary/aromatic N) is 1. The van der Waals surface area contributed by atoms with Gasteiger partial charge in [-0.1, -0.05) is 0 Å². The Morgan fingerprint density at radius 2 is 2.12 bits per heavy atom. The fourth-order valence-corrected chi connectivity index (χ4v) is 2.96. The Labute approximate surface area is 97.5 Å². The van der Waals surface area contributed by atoms with Gasteiger partial charge in [0, 0.05) is 5.69 Å². The predicted octanol–water partition coefficient (Wildman–Crippen LogP) is 2.83. The number of nitrogens with one attached hydrogen (secondary N) is 1. The van der Waals surface area contributed by atoms with Crippen molar-refractivity contribution in [3.05, 3.63) is 22.7 Å². The number of hydrogen-bond acceptors (Lipinski definition) is 3. The molecule has 2 aromatic rings. The van der Waals surface area contributed by atoms with Crippen LogP contribution in [-0.2, 0) is 10.2 Å². The van der Waals surface area contributed by atoms with Crippen molar-refractivity contribution in [2.24, 2.45) is 0 Å². The molecule has 1 aliphatic heterocycles. The molecule has 1 N–H and O–H groups in total. The minimum atomic E-state index is -0.429. The van der Waals surface area contributed by atoms with Crippen LogP contribution in [0.3, 0.4) is 0 Å². The molecule has 4 heteroatoms. The smallest absolute Gasteiger partial charge is 0.234 e. The number of fused-ring (bicyclic) bond motifs is 2. The maximum atomic E-state index is 11.8. The van der Waals surface area contributed by atoms with Gasteiger partial charge in [0.2, 0.25) is 5.91 Å². The summed E-state index contributed by atoms with van der Waals surface area (Å²) in [5, 5.41) is 3.97. The number of carbonyl (C=O) groups excluding carboxylic acids is 1. The largest absolute Gasteiger partial charge is 0.325 e. The van der Waals surface area contributed by atoms with E-state index in [1.54, 1.807) is 11.3 Å². The first-order valence-corrected chi connectivity index (χ1v) is 6.03. The zero-order chi connectivity index (χ0) is 11.5. The number of hydrogen-bond donors (Lipinski definition) is 1. The zero-order valence-electron chi connectivity index (χ0n) is 9.42. The highest BCUT2D eigenvalue weighted by Gasteiger charge is 2.38. The molecule has 0 saturated carbocycles. The van der Waals surface area contributed by atoms with Gasteiger partial charge in [0.05, 0.1) is 20.6 Å². The van der Waals surface area contributed by atoms with Crippen LogP contribution in [-0.4, -0.2) is 10.9 Å². The van der Waals surface area contributed by atoms with Crippen LogP contribution >= 0.6 is 11.3 Å². The molecule has 0 radical (unpaired) electrons. The summed E-state index contributed by atoms with van der Waals surface area (Å²) in [7, 11) is 0. The molecule has 1 aromatic carbocycles. The van der Waals surface area contributed by atoms with Crippen LogP contribution in [0, 0.1) is 6.92 Å². The summed E-state index contributed by atoms with van der Waals surface area (Å²) in [6.07, 6.45) is 0. The lowest BCUT2D eigenvalue weighted by Crippen LogP contribution is -2.26. The second-order valence-corrected chi connectivity index (χ2v) is 5.91. The van der Waals surface area contributed by atoms with Crippen molar-refractivity contribution in [1.29, 1.82) is 0 Å². The second-order valence-electron chi connectivity index (χ2n) is 4.68. The van der Waals surface area contributed by atoms with Crippen molar-refractivity contribution in [1.82, 2.24) is 4.98 Å². The third-order valence-electron chi connectivity index (χ3n) is 3.12. The average Bonchev–Trinajstić information content (AvgIpc) is 2.63. The van der Waals surface area contributed by atoms with Gasteiger partial charge in [0.1, 0.15) is 0 Å². The van der Waals surface area contributed by atoms with Crippen molar-refractivity contribution in [2.75, 3.05) is 5.32 Å². The number of rotatable bonds is 0. The van der Waals surface area contributed by atoms with E-state index in [1.165, 1.54) is 0 Å². The minimum Gasteiger partial charge on any atom is -0.325 e. The van der Waals surface area contributed by atoms with E-state index in [-0.39, 0.29) is 5.91 Å². The molecular weight excluding hydrogens is 220 g/mol. The van der Waals surface area contributed by atoms with E-state index in [0.29, 0.717) is 0 Å². The van der Waals surface area contributed by atoms with Crippen molar-refractivity contribution < 1.29 is 4.79 Å². The summed E-state index contributed by atoms with van der Waals surface area (Å²) >= 11 is 1.67. The summed E-state index contributed by atoms with van der Waals surface area (Å²) in [5.74, 6) is 0.0666. The summed E-state index contributed by atoms with van der Waals surface area (Å²) < 4.78 is 1.15. The van der Waals surface area contributed by atoms with Crippen LogP contribution in [0.5, 0.6) is 0 Å². The molecule has 0 bridgehead atoms. The molecule has 2 heterocycles. The molecule has 82 valence electrons. The summed E-state index contributed by atoms with van der Waals surface area (Å²) in [5.41, 5.74) is 2.53. The number of carbonyl (C=O) groups is 1.